The van der Waals surface area contributed by atoms with E-state index in [1.54, 1.807) is 4.90 Å². The van der Waals surface area contributed by atoms with Crippen LogP contribution in [0.25, 0.3) is 0 Å². The van der Waals surface area contributed by atoms with Crippen LogP contribution >= 0.6 is 11.8 Å². The van der Waals surface area contributed by atoms with Gasteiger partial charge in [-0.1, -0.05) is 48.2 Å². The van der Waals surface area contributed by atoms with Gasteiger partial charge in [-0.05, 0) is 24.3 Å². The summed E-state index contributed by atoms with van der Waals surface area (Å²) in [6.45, 7) is 1.47. The molecule has 0 radical (unpaired) electrons. The fraction of sp³-hybridized carbons (Fsp3) is 0.125. The molecule has 3 nitrogen and oxygen atoms in total. The molecule has 0 atom stereocenters. The van der Waals surface area contributed by atoms with Crippen LogP contribution < -0.4 is 4.90 Å². The number of hydrogen-bond acceptors (Lipinski definition) is 3. The molecule has 2 aromatic carbocycles. The van der Waals surface area contributed by atoms with Crippen LogP contribution in [0.5, 0.6) is 0 Å². The van der Waals surface area contributed by atoms with Crippen LogP contribution in [0.3, 0.4) is 0 Å². The molecule has 0 fully saturated rings. The van der Waals surface area contributed by atoms with Crippen molar-refractivity contribution in [1.82, 2.24) is 0 Å². The molecule has 2 aromatic rings. The number of amides is 1. The first kappa shape index (κ1) is 14.3. The Balaban J connectivity index is 2.30. The molecule has 0 N–H and O–H groups in total. The standard InChI is InChI=1S/C16H15NO2S/c1-13(18)20-12-16(19)17(14-8-4-2-5-9-14)15-10-6-3-7-11-15/h2-11H,12H2,1H3. The summed E-state index contributed by atoms with van der Waals surface area (Å²) in [6, 6.07) is 18.9. The number of anilines is 2. The molecule has 0 aliphatic carbocycles. The van der Waals surface area contributed by atoms with E-state index in [0.29, 0.717) is 0 Å². The molecule has 0 spiro atoms. The minimum Gasteiger partial charge on any atom is -0.288 e. The van der Waals surface area contributed by atoms with Crippen LogP contribution in [0, 0.1) is 0 Å². The number of para-hydroxylation sites is 2. The summed E-state index contributed by atoms with van der Waals surface area (Å²) < 4.78 is 0. The van der Waals surface area contributed by atoms with Gasteiger partial charge < -0.3 is 0 Å². The monoisotopic (exact) mass is 285 g/mol. The second-order valence-electron chi connectivity index (χ2n) is 4.18. The van der Waals surface area contributed by atoms with Crippen LogP contribution in [-0.2, 0) is 9.59 Å². The van der Waals surface area contributed by atoms with Crippen LogP contribution in [0.4, 0.5) is 11.4 Å². The minimum atomic E-state index is -0.109. The number of carbonyl (C=O) groups is 2. The number of rotatable bonds is 4. The zero-order valence-electron chi connectivity index (χ0n) is 11.2. The molecule has 0 saturated heterocycles. The smallest absolute Gasteiger partial charge is 0.242 e. The molecule has 102 valence electrons. The van der Waals surface area contributed by atoms with E-state index in [2.05, 4.69) is 0 Å². The van der Waals surface area contributed by atoms with Crippen LogP contribution in [0.2, 0.25) is 0 Å². The molecule has 0 aliphatic rings. The van der Waals surface area contributed by atoms with Gasteiger partial charge in [0.15, 0.2) is 5.12 Å². The van der Waals surface area contributed by atoms with Gasteiger partial charge in [-0.25, -0.2) is 0 Å². The third kappa shape index (κ3) is 3.71. The number of nitrogens with zero attached hydrogens (tertiary/aromatic N) is 1. The average molecular weight is 285 g/mol. The lowest BCUT2D eigenvalue weighted by Gasteiger charge is -2.22. The fourth-order valence-electron chi connectivity index (χ4n) is 1.82. The van der Waals surface area contributed by atoms with E-state index in [1.807, 2.05) is 60.7 Å². The Labute approximate surface area is 122 Å². The number of carbonyl (C=O) groups excluding carboxylic acids is 2. The highest BCUT2D eigenvalue weighted by atomic mass is 32.2. The molecular weight excluding hydrogens is 270 g/mol. The maximum atomic E-state index is 12.4. The van der Waals surface area contributed by atoms with Crippen molar-refractivity contribution in [2.24, 2.45) is 0 Å². The SMILES string of the molecule is CC(=O)SCC(=O)N(c1ccccc1)c1ccccc1. The molecule has 0 aliphatic heterocycles. The molecule has 0 unspecified atom stereocenters. The Morgan fingerprint density at radius 1 is 0.900 bits per heavy atom. The zero-order valence-corrected chi connectivity index (χ0v) is 12.0. The summed E-state index contributed by atoms with van der Waals surface area (Å²) >= 11 is 1.03. The fourth-order valence-corrected chi connectivity index (χ4v) is 2.27. The van der Waals surface area contributed by atoms with E-state index >= 15 is 0 Å². The lowest BCUT2D eigenvalue weighted by Crippen LogP contribution is -2.27. The second-order valence-corrected chi connectivity index (χ2v) is 5.33. The molecular formula is C16H15NO2S. The highest BCUT2D eigenvalue weighted by Crippen LogP contribution is 2.25. The van der Waals surface area contributed by atoms with E-state index < -0.39 is 0 Å². The van der Waals surface area contributed by atoms with Gasteiger partial charge in [0.25, 0.3) is 0 Å². The maximum Gasteiger partial charge on any atom is 0.242 e. The van der Waals surface area contributed by atoms with Crippen LogP contribution in [0.1, 0.15) is 6.92 Å². The predicted octanol–water partition coefficient (Wildman–Crippen LogP) is 3.63. The maximum absolute atomic E-state index is 12.4. The first-order chi connectivity index (χ1) is 9.68. The quantitative estimate of drug-likeness (QED) is 0.861. The van der Waals surface area contributed by atoms with E-state index in [-0.39, 0.29) is 16.8 Å². The first-order valence-electron chi connectivity index (χ1n) is 6.25. The number of hydrogen-bond donors (Lipinski definition) is 0. The van der Waals surface area contributed by atoms with Crippen molar-refractivity contribution in [2.75, 3.05) is 10.7 Å². The van der Waals surface area contributed by atoms with Crippen LogP contribution in [0.15, 0.2) is 60.7 Å². The van der Waals surface area contributed by atoms with Gasteiger partial charge >= 0.3 is 0 Å². The third-order valence-electron chi connectivity index (χ3n) is 2.68. The second kappa shape index (κ2) is 6.91. The van der Waals surface area contributed by atoms with Gasteiger partial charge in [0.05, 0.1) is 5.75 Å². The Morgan fingerprint density at radius 3 is 1.75 bits per heavy atom. The van der Waals surface area contributed by atoms with Crippen molar-refractivity contribution in [2.45, 2.75) is 6.92 Å². The molecule has 1 amide bonds. The highest BCUT2D eigenvalue weighted by Gasteiger charge is 2.18. The van der Waals surface area contributed by atoms with Gasteiger partial charge in [-0.2, -0.15) is 0 Å². The lowest BCUT2D eigenvalue weighted by atomic mass is 10.2. The Kier molecular flexibility index (Phi) is 4.96. The first-order valence-corrected chi connectivity index (χ1v) is 7.23. The Hall–Kier alpha value is -2.07. The Bertz CT molecular complexity index is 544. The van der Waals surface area contributed by atoms with Gasteiger partial charge in [0.2, 0.25) is 5.91 Å². The summed E-state index contributed by atoms with van der Waals surface area (Å²) in [7, 11) is 0. The van der Waals surface area contributed by atoms with Gasteiger partial charge in [-0.15, -0.1) is 0 Å². The van der Waals surface area contributed by atoms with Gasteiger partial charge in [0, 0.05) is 18.3 Å². The average Bonchev–Trinajstić information content (AvgIpc) is 2.48. The Morgan fingerprint density at radius 2 is 1.35 bits per heavy atom. The molecule has 2 rings (SSSR count). The van der Waals surface area contributed by atoms with Gasteiger partial charge in [-0.3, -0.25) is 14.5 Å². The normalized spacial score (nSPS) is 10.1. The third-order valence-corrected chi connectivity index (χ3v) is 3.47. The number of thioether (sulfide) groups is 1. The van der Waals surface area contributed by atoms with E-state index in [0.717, 1.165) is 23.1 Å². The lowest BCUT2D eigenvalue weighted by molar-refractivity contribution is -0.116. The highest BCUT2D eigenvalue weighted by molar-refractivity contribution is 8.14. The van der Waals surface area contributed by atoms with E-state index in [9.17, 15) is 9.59 Å². The minimum absolute atomic E-state index is 0.0561. The molecule has 20 heavy (non-hydrogen) atoms. The van der Waals surface area contributed by atoms with E-state index in [1.165, 1.54) is 6.92 Å². The van der Waals surface area contributed by atoms with Crippen LogP contribution in [-0.4, -0.2) is 16.8 Å². The summed E-state index contributed by atoms with van der Waals surface area (Å²) in [5.41, 5.74) is 1.60. The van der Waals surface area contributed by atoms with Crippen molar-refractivity contribution in [1.29, 1.82) is 0 Å². The van der Waals surface area contributed by atoms with Crippen molar-refractivity contribution in [3.05, 3.63) is 60.7 Å². The van der Waals surface area contributed by atoms with Crippen molar-refractivity contribution in [3.8, 4) is 0 Å². The molecule has 0 aromatic heterocycles. The largest absolute Gasteiger partial charge is 0.288 e. The van der Waals surface area contributed by atoms with Crippen molar-refractivity contribution < 1.29 is 9.59 Å². The predicted molar refractivity (Wildman–Crippen MR) is 83.2 cm³/mol. The molecule has 0 bridgehead atoms. The topological polar surface area (TPSA) is 37.4 Å². The summed E-state index contributed by atoms with van der Waals surface area (Å²) in [6.07, 6.45) is 0. The summed E-state index contributed by atoms with van der Waals surface area (Å²) in [5, 5.41) is -0.0561. The summed E-state index contributed by atoms with van der Waals surface area (Å²) in [5.74, 6) is 0.0293. The van der Waals surface area contributed by atoms with Gasteiger partial charge in [0.1, 0.15) is 0 Å². The zero-order chi connectivity index (χ0) is 14.4. The van der Waals surface area contributed by atoms with E-state index in [4.69, 9.17) is 0 Å². The molecule has 0 saturated carbocycles. The number of benzene rings is 2. The molecule has 4 heteroatoms. The van der Waals surface area contributed by atoms with Crippen molar-refractivity contribution >= 4 is 34.2 Å². The summed E-state index contributed by atoms with van der Waals surface area (Å²) in [4.78, 5) is 25.1. The van der Waals surface area contributed by atoms with Crippen molar-refractivity contribution in [3.63, 3.8) is 0 Å². The molecule has 0 heterocycles.